The molecule has 178 valence electrons. The van der Waals surface area contributed by atoms with Gasteiger partial charge in [-0.1, -0.05) is 59.6 Å². The number of methoxy groups -OCH3 is 1. The normalized spacial score (nSPS) is 12.9. The topological polar surface area (TPSA) is 44.8 Å². The maximum absolute atomic E-state index is 11.5. The number of rotatable bonds is 15. The molecule has 0 saturated heterocycles. The van der Waals surface area contributed by atoms with Crippen molar-refractivity contribution in [1.82, 2.24) is 0 Å². The molecule has 1 atom stereocenters. The molecule has 0 heterocycles. The lowest BCUT2D eigenvalue weighted by atomic mass is 9.82. The Morgan fingerprint density at radius 2 is 1.71 bits per heavy atom. The van der Waals surface area contributed by atoms with Crippen LogP contribution >= 0.6 is 8.38 Å². The van der Waals surface area contributed by atoms with E-state index in [0.29, 0.717) is 12.3 Å². The zero-order valence-electron chi connectivity index (χ0n) is 21.2. The van der Waals surface area contributed by atoms with Gasteiger partial charge >= 0.3 is 0 Å². The van der Waals surface area contributed by atoms with Crippen LogP contribution in [0.15, 0.2) is 12.1 Å². The Kier molecular flexibility index (Phi) is 12.9. The fraction of sp³-hybridized carbons (Fsp3) is 0.731. The standard InChI is InChI=1S/C26H45O4P/c1-20(2)17-23-18-22(14-13-21(3)27)19-24(26(4,5)6)25(23)30-31(8)29-16-12-10-9-11-15-28-7/h18-20H,9-17H2,1-8H3. The highest BCUT2D eigenvalue weighted by atomic mass is 31.2. The third-order valence-electron chi connectivity index (χ3n) is 5.16. The molecule has 0 aliphatic carbocycles. The van der Waals surface area contributed by atoms with Crippen molar-refractivity contribution in [3.05, 3.63) is 28.8 Å². The third kappa shape index (κ3) is 11.5. The van der Waals surface area contributed by atoms with Crippen molar-refractivity contribution in [1.29, 1.82) is 0 Å². The first kappa shape index (κ1) is 28.1. The van der Waals surface area contributed by atoms with Crippen molar-refractivity contribution in [2.24, 2.45) is 5.92 Å². The highest BCUT2D eigenvalue weighted by Gasteiger charge is 2.25. The molecule has 0 fully saturated rings. The Labute approximate surface area is 192 Å². The van der Waals surface area contributed by atoms with E-state index in [2.05, 4.69) is 53.4 Å². The average molecular weight is 453 g/mol. The highest BCUT2D eigenvalue weighted by Crippen LogP contribution is 2.44. The molecule has 5 heteroatoms. The number of hydrogen-bond donors (Lipinski definition) is 0. The summed E-state index contributed by atoms with van der Waals surface area (Å²) in [6, 6.07) is 4.48. The van der Waals surface area contributed by atoms with E-state index in [1.165, 1.54) is 23.1 Å². The van der Waals surface area contributed by atoms with Crippen LogP contribution in [0.1, 0.15) is 90.3 Å². The van der Waals surface area contributed by atoms with Gasteiger partial charge in [0.2, 0.25) is 8.38 Å². The monoisotopic (exact) mass is 452 g/mol. The molecule has 4 nitrogen and oxygen atoms in total. The lowest BCUT2D eigenvalue weighted by Crippen LogP contribution is -2.16. The fourth-order valence-electron chi connectivity index (χ4n) is 3.53. The SMILES string of the molecule is COCCCCCCOP(C)Oc1c(CC(C)C)cc(CCC(C)=O)cc1C(C)(C)C. The molecule has 0 N–H and O–H groups in total. The van der Waals surface area contributed by atoms with E-state index in [9.17, 15) is 4.79 Å². The third-order valence-corrected chi connectivity index (χ3v) is 6.15. The predicted molar refractivity (Wildman–Crippen MR) is 132 cm³/mol. The summed E-state index contributed by atoms with van der Waals surface area (Å²) < 4.78 is 17.6. The zero-order chi connectivity index (χ0) is 23.4. The van der Waals surface area contributed by atoms with Crippen molar-refractivity contribution in [2.45, 2.75) is 91.9 Å². The minimum atomic E-state index is -0.996. The van der Waals surface area contributed by atoms with Crippen LogP contribution in [0.25, 0.3) is 0 Å². The second-order valence-corrected chi connectivity index (χ2v) is 11.3. The molecule has 0 spiro atoms. The van der Waals surface area contributed by atoms with Gasteiger partial charge < -0.3 is 18.6 Å². The molecule has 0 saturated carbocycles. The summed E-state index contributed by atoms with van der Waals surface area (Å²) >= 11 is 0. The van der Waals surface area contributed by atoms with E-state index in [1.807, 2.05) is 0 Å². The first-order valence-electron chi connectivity index (χ1n) is 11.7. The van der Waals surface area contributed by atoms with Crippen molar-refractivity contribution >= 4 is 14.2 Å². The van der Waals surface area contributed by atoms with Crippen LogP contribution in [-0.2, 0) is 32.3 Å². The Balaban J connectivity index is 2.95. The summed E-state index contributed by atoms with van der Waals surface area (Å²) in [5, 5.41) is 0. The maximum Gasteiger partial charge on any atom is 0.226 e. The van der Waals surface area contributed by atoms with Crippen molar-refractivity contribution in [2.75, 3.05) is 27.0 Å². The molecule has 1 rings (SSSR count). The van der Waals surface area contributed by atoms with Crippen LogP contribution in [0.2, 0.25) is 0 Å². The van der Waals surface area contributed by atoms with Gasteiger partial charge in [-0.05, 0) is 55.1 Å². The molecule has 1 aromatic carbocycles. The minimum Gasteiger partial charge on any atom is -0.447 e. The van der Waals surface area contributed by atoms with Crippen molar-refractivity contribution < 1.29 is 18.6 Å². The van der Waals surface area contributed by atoms with Gasteiger partial charge in [0.05, 0.1) is 6.61 Å². The number of benzene rings is 1. The Hall–Kier alpha value is -0.960. The van der Waals surface area contributed by atoms with Crippen LogP contribution < -0.4 is 4.52 Å². The lowest BCUT2D eigenvalue weighted by molar-refractivity contribution is -0.116. The second-order valence-electron chi connectivity index (χ2n) is 9.95. The number of ketones is 1. The molecule has 1 unspecified atom stereocenters. The molecule has 0 bridgehead atoms. The van der Waals surface area contributed by atoms with E-state index in [1.54, 1.807) is 14.0 Å². The summed E-state index contributed by atoms with van der Waals surface area (Å²) in [5.41, 5.74) is 3.62. The Morgan fingerprint density at radius 1 is 1.06 bits per heavy atom. The second kappa shape index (κ2) is 14.2. The number of Topliss-reactive ketones (excluding diaryl/α,β-unsaturated/α-hetero) is 1. The van der Waals surface area contributed by atoms with Gasteiger partial charge in [-0.3, -0.25) is 0 Å². The molecule has 0 radical (unpaired) electrons. The van der Waals surface area contributed by atoms with E-state index in [-0.39, 0.29) is 11.2 Å². The smallest absolute Gasteiger partial charge is 0.226 e. The summed E-state index contributed by atoms with van der Waals surface area (Å²) in [4.78, 5) is 11.5. The van der Waals surface area contributed by atoms with Crippen LogP contribution in [0.3, 0.4) is 0 Å². The van der Waals surface area contributed by atoms with Crippen LogP contribution in [0.5, 0.6) is 5.75 Å². The summed E-state index contributed by atoms with van der Waals surface area (Å²) in [6.45, 7) is 16.4. The molecule has 1 aromatic rings. The molecular formula is C26H45O4P. The zero-order valence-corrected chi connectivity index (χ0v) is 22.1. The Morgan fingerprint density at radius 3 is 2.26 bits per heavy atom. The molecule has 0 aliphatic heterocycles. The number of aryl methyl sites for hydroxylation is 1. The molecule has 0 aromatic heterocycles. The van der Waals surface area contributed by atoms with E-state index in [4.69, 9.17) is 13.8 Å². The fourth-order valence-corrected chi connectivity index (χ4v) is 4.44. The summed E-state index contributed by atoms with van der Waals surface area (Å²) in [5.74, 6) is 1.74. The van der Waals surface area contributed by atoms with Crippen LogP contribution in [-0.4, -0.2) is 32.8 Å². The number of carbonyl (C=O) groups is 1. The van der Waals surface area contributed by atoms with Gasteiger partial charge in [0, 0.05) is 32.4 Å². The lowest BCUT2D eigenvalue weighted by Gasteiger charge is -2.28. The number of ether oxygens (including phenoxy) is 1. The predicted octanol–water partition coefficient (Wildman–Crippen LogP) is 7.25. The van der Waals surface area contributed by atoms with Gasteiger partial charge in [-0.15, -0.1) is 0 Å². The summed E-state index contributed by atoms with van der Waals surface area (Å²) in [6.07, 6.45) is 6.81. The highest BCUT2D eigenvalue weighted by molar-refractivity contribution is 7.46. The van der Waals surface area contributed by atoms with E-state index >= 15 is 0 Å². The molecule has 0 aliphatic rings. The van der Waals surface area contributed by atoms with Crippen molar-refractivity contribution in [3.63, 3.8) is 0 Å². The molecule has 31 heavy (non-hydrogen) atoms. The van der Waals surface area contributed by atoms with Gasteiger partial charge in [-0.25, -0.2) is 0 Å². The maximum atomic E-state index is 11.5. The Bertz CT molecular complexity index is 664. The largest absolute Gasteiger partial charge is 0.447 e. The first-order valence-corrected chi connectivity index (χ1v) is 13.4. The van der Waals surface area contributed by atoms with Crippen LogP contribution in [0, 0.1) is 5.92 Å². The average Bonchev–Trinajstić information content (AvgIpc) is 2.65. The summed E-state index contributed by atoms with van der Waals surface area (Å²) in [7, 11) is 0.754. The number of unbranched alkanes of at least 4 members (excludes halogenated alkanes) is 3. The van der Waals surface area contributed by atoms with E-state index in [0.717, 1.165) is 51.1 Å². The van der Waals surface area contributed by atoms with E-state index < -0.39 is 8.38 Å². The number of hydrogen-bond acceptors (Lipinski definition) is 4. The minimum absolute atomic E-state index is 0.0508. The van der Waals surface area contributed by atoms with Gasteiger partial charge in [-0.2, -0.15) is 0 Å². The first-order chi connectivity index (χ1) is 14.5. The quantitative estimate of drug-likeness (QED) is 0.208. The molecule has 0 amide bonds. The van der Waals surface area contributed by atoms with Gasteiger partial charge in [0.1, 0.15) is 11.5 Å². The van der Waals surface area contributed by atoms with Crippen LogP contribution in [0.4, 0.5) is 0 Å². The number of carbonyl (C=O) groups excluding carboxylic acids is 1. The van der Waals surface area contributed by atoms with Crippen molar-refractivity contribution in [3.8, 4) is 5.75 Å². The molecular weight excluding hydrogens is 407 g/mol. The van der Waals surface area contributed by atoms with Gasteiger partial charge in [0.25, 0.3) is 0 Å². The van der Waals surface area contributed by atoms with Gasteiger partial charge in [0.15, 0.2) is 0 Å².